The van der Waals surface area contributed by atoms with Gasteiger partial charge in [0.05, 0.1) is 12.5 Å². The second-order valence-electron chi connectivity index (χ2n) is 3.19. The highest BCUT2D eigenvalue weighted by Crippen LogP contribution is 2.16. The molecule has 16 heavy (non-hydrogen) atoms. The number of halogens is 3. The predicted molar refractivity (Wildman–Crippen MR) is 47.4 cm³/mol. The fraction of sp³-hybridized carbons (Fsp3) is 0.444. The van der Waals surface area contributed by atoms with E-state index in [2.05, 4.69) is 4.74 Å². The molecule has 1 atom stereocenters. The van der Waals surface area contributed by atoms with Crippen LogP contribution in [0.5, 0.6) is 0 Å². The van der Waals surface area contributed by atoms with E-state index >= 15 is 0 Å². The molecule has 0 fully saturated rings. The second-order valence-corrected chi connectivity index (χ2v) is 3.19. The Balaban J connectivity index is 2.31. The third kappa shape index (κ3) is 3.93. The summed E-state index contributed by atoms with van der Waals surface area (Å²) in [5.74, 6) is -2.23. The summed E-state index contributed by atoms with van der Waals surface area (Å²) in [7, 11) is 0. The maximum Gasteiger partial charge on any atom is 0.490 e. The van der Waals surface area contributed by atoms with E-state index in [1.54, 1.807) is 6.07 Å². The first kappa shape index (κ1) is 12.6. The molecule has 0 aliphatic heterocycles. The van der Waals surface area contributed by atoms with E-state index < -0.39 is 24.8 Å². The third-order valence-electron chi connectivity index (χ3n) is 1.74. The topological polar surface area (TPSA) is 65.5 Å². The molecule has 0 bridgehead atoms. The van der Waals surface area contributed by atoms with Gasteiger partial charge < -0.3 is 14.9 Å². The molecule has 0 aliphatic carbocycles. The number of carbonyl (C=O) groups is 1. The summed E-state index contributed by atoms with van der Waals surface area (Å²) in [4.78, 5) is 10.4. The summed E-state index contributed by atoms with van der Waals surface area (Å²) >= 11 is 0. The second kappa shape index (κ2) is 5.02. The normalized spacial score (nSPS) is 13.5. The summed E-state index contributed by atoms with van der Waals surface area (Å²) in [6, 6.07) is 0.940. The van der Waals surface area contributed by atoms with Gasteiger partial charge in [0.2, 0.25) is 0 Å². The van der Waals surface area contributed by atoms with Crippen LogP contribution in [0.4, 0.5) is 13.2 Å². The number of rotatable bonds is 4. The molecule has 0 saturated heterocycles. The molecular formula is C9H10F3NO3. The van der Waals surface area contributed by atoms with Crippen molar-refractivity contribution >= 4 is 5.97 Å². The molecule has 4 nitrogen and oxygen atoms in total. The summed E-state index contributed by atoms with van der Waals surface area (Å²) in [6.07, 6.45) is -1.85. The van der Waals surface area contributed by atoms with Crippen LogP contribution >= 0.6 is 0 Å². The van der Waals surface area contributed by atoms with Gasteiger partial charge in [0.15, 0.2) is 0 Å². The summed E-state index contributed by atoms with van der Waals surface area (Å²) in [6.45, 7) is -0.483. The number of hydrogen-bond acceptors (Lipinski definition) is 4. The lowest BCUT2D eigenvalue weighted by Gasteiger charge is -2.12. The number of hydrogen-bond donors (Lipinski definition) is 1. The molecule has 0 amide bonds. The quantitative estimate of drug-likeness (QED) is 0.800. The number of ether oxygens (including phenoxy) is 1. The van der Waals surface area contributed by atoms with Gasteiger partial charge in [-0.2, -0.15) is 13.2 Å². The molecule has 0 saturated carbocycles. The number of nitrogens with two attached hydrogens (primary N) is 1. The van der Waals surface area contributed by atoms with Crippen LogP contribution in [-0.2, 0) is 16.0 Å². The maximum absolute atomic E-state index is 11.7. The highest BCUT2D eigenvalue weighted by molar-refractivity contribution is 5.75. The minimum Gasteiger partial charge on any atom is -0.472 e. The van der Waals surface area contributed by atoms with Crippen LogP contribution in [-0.4, -0.2) is 24.8 Å². The standard InChI is InChI=1S/C9H10F3NO3/c10-9(11,12)8(14)16-5-7(13)3-6-1-2-15-4-6/h1-2,4,7H,3,5,13H2/t7-/m1/s1. The lowest BCUT2D eigenvalue weighted by Crippen LogP contribution is -2.34. The van der Waals surface area contributed by atoms with Crippen molar-refractivity contribution in [3.63, 3.8) is 0 Å². The summed E-state index contributed by atoms with van der Waals surface area (Å²) < 4.78 is 44.0. The fourth-order valence-electron chi connectivity index (χ4n) is 1.04. The first-order valence-corrected chi connectivity index (χ1v) is 4.40. The Hall–Kier alpha value is -1.50. The van der Waals surface area contributed by atoms with Crippen LogP contribution in [0.15, 0.2) is 23.0 Å². The van der Waals surface area contributed by atoms with Crippen LogP contribution in [0.1, 0.15) is 5.56 Å². The van der Waals surface area contributed by atoms with E-state index in [0.29, 0.717) is 0 Å². The molecule has 90 valence electrons. The Labute approximate surface area is 89.2 Å². The third-order valence-corrected chi connectivity index (χ3v) is 1.74. The lowest BCUT2D eigenvalue weighted by atomic mass is 10.1. The number of carbonyl (C=O) groups excluding carboxylic acids is 1. The van der Waals surface area contributed by atoms with Crippen molar-refractivity contribution in [2.75, 3.05) is 6.61 Å². The first-order chi connectivity index (χ1) is 7.39. The Bertz CT molecular complexity index is 334. The molecular weight excluding hydrogens is 227 g/mol. The van der Waals surface area contributed by atoms with Crippen molar-refractivity contribution in [3.05, 3.63) is 24.2 Å². The summed E-state index contributed by atoms with van der Waals surface area (Å²) in [5, 5.41) is 0. The van der Waals surface area contributed by atoms with Crippen LogP contribution in [0.3, 0.4) is 0 Å². The van der Waals surface area contributed by atoms with Crippen molar-refractivity contribution in [1.82, 2.24) is 0 Å². The number of esters is 1. The van der Waals surface area contributed by atoms with Gasteiger partial charge >= 0.3 is 12.1 Å². The van der Waals surface area contributed by atoms with Crippen LogP contribution in [0, 0.1) is 0 Å². The highest BCUT2D eigenvalue weighted by Gasteiger charge is 2.41. The van der Waals surface area contributed by atoms with Gasteiger partial charge in [0.25, 0.3) is 0 Å². The van der Waals surface area contributed by atoms with Crippen molar-refractivity contribution in [3.8, 4) is 0 Å². The largest absolute Gasteiger partial charge is 0.490 e. The van der Waals surface area contributed by atoms with E-state index in [1.807, 2.05) is 0 Å². The van der Waals surface area contributed by atoms with E-state index in [1.165, 1.54) is 12.5 Å². The Morgan fingerprint density at radius 2 is 2.25 bits per heavy atom. The SMILES string of the molecule is N[C@@H](COC(=O)C(F)(F)F)Cc1ccoc1. The number of furan rings is 1. The van der Waals surface area contributed by atoms with Crippen molar-refractivity contribution in [2.24, 2.45) is 5.73 Å². The van der Waals surface area contributed by atoms with E-state index in [4.69, 9.17) is 10.2 Å². The summed E-state index contributed by atoms with van der Waals surface area (Å²) in [5.41, 5.74) is 6.20. The van der Waals surface area contributed by atoms with Gasteiger partial charge in [-0.15, -0.1) is 0 Å². The molecule has 1 aromatic rings. The zero-order chi connectivity index (χ0) is 12.2. The molecule has 0 radical (unpaired) electrons. The zero-order valence-electron chi connectivity index (χ0n) is 8.16. The zero-order valence-corrected chi connectivity index (χ0v) is 8.16. The van der Waals surface area contributed by atoms with Crippen molar-refractivity contribution < 1.29 is 27.1 Å². The lowest BCUT2D eigenvalue weighted by molar-refractivity contribution is -0.200. The van der Waals surface area contributed by atoms with Gasteiger partial charge in [0.1, 0.15) is 6.61 Å². The molecule has 0 unspecified atom stereocenters. The molecule has 2 N–H and O–H groups in total. The van der Waals surface area contributed by atoms with Crippen molar-refractivity contribution in [2.45, 2.75) is 18.6 Å². The molecule has 1 aromatic heterocycles. The minimum absolute atomic E-state index is 0.279. The van der Waals surface area contributed by atoms with Gasteiger partial charge in [0, 0.05) is 6.04 Å². The monoisotopic (exact) mass is 237 g/mol. The van der Waals surface area contributed by atoms with Crippen LogP contribution in [0.2, 0.25) is 0 Å². The molecule has 0 spiro atoms. The van der Waals surface area contributed by atoms with Crippen LogP contribution < -0.4 is 5.73 Å². The molecule has 0 aromatic carbocycles. The number of alkyl halides is 3. The van der Waals surface area contributed by atoms with Gasteiger partial charge in [-0.1, -0.05) is 0 Å². The molecule has 7 heteroatoms. The smallest absolute Gasteiger partial charge is 0.472 e. The molecule has 1 rings (SSSR count). The highest BCUT2D eigenvalue weighted by atomic mass is 19.4. The fourth-order valence-corrected chi connectivity index (χ4v) is 1.04. The van der Waals surface area contributed by atoms with Gasteiger partial charge in [-0.3, -0.25) is 0 Å². The Morgan fingerprint density at radius 3 is 2.75 bits per heavy atom. The Kier molecular flexibility index (Phi) is 3.94. The first-order valence-electron chi connectivity index (χ1n) is 4.40. The van der Waals surface area contributed by atoms with Crippen LogP contribution in [0.25, 0.3) is 0 Å². The van der Waals surface area contributed by atoms with Crippen molar-refractivity contribution in [1.29, 1.82) is 0 Å². The predicted octanol–water partition coefficient (Wildman–Crippen LogP) is 1.25. The average molecular weight is 237 g/mol. The molecule has 0 aliphatic rings. The van der Waals surface area contributed by atoms with Gasteiger partial charge in [-0.25, -0.2) is 4.79 Å². The van der Waals surface area contributed by atoms with E-state index in [9.17, 15) is 18.0 Å². The van der Waals surface area contributed by atoms with E-state index in [-0.39, 0.29) is 6.42 Å². The van der Waals surface area contributed by atoms with E-state index in [0.717, 1.165) is 5.56 Å². The Morgan fingerprint density at radius 1 is 1.56 bits per heavy atom. The minimum atomic E-state index is -4.98. The average Bonchev–Trinajstić information content (AvgIpc) is 2.65. The molecule has 1 heterocycles. The maximum atomic E-state index is 11.7. The van der Waals surface area contributed by atoms with Gasteiger partial charge in [-0.05, 0) is 18.1 Å².